The van der Waals surface area contributed by atoms with E-state index in [1.807, 2.05) is 0 Å². The summed E-state index contributed by atoms with van der Waals surface area (Å²) in [6.07, 6.45) is 0. The fourth-order valence-electron chi connectivity index (χ4n) is 2.06. The largest absolute Gasteiger partial charge is 0.462 e. The summed E-state index contributed by atoms with van der Waals surface area (Å²) >= 11 is 1.32. The summed E-state index contributed by atoms with van der Waals surface area (Å²) in [5.74, 6) is -1.05. The predicted octanol–water partition coefficient (Wildman–Crippen LogP) is 2.98. The van der Waals surface area contributed by atoms with Crippen molar-refractivity contribution in [3.63, 3.8) is 0 Å². The first-order chi connectivity index (χ1) is 9.93. The number of rotatable bonds is 3. The van der Waals surface area contributed by atoms with Gasteiger partial charge in [0.2, 0.25) is 11.8 Å². The van der Waals surface area contributed by atoms with E-state index < -0.39 is 0 Å². The Hall–Kier alpha value is -2.21. The van der Waals surface area contributed by atoms with Crippen molar-refractivity contribution in [3.05, 3.63) is 29.1 Å². The number of ether oxygens (including phenoxy) is 1. The lowest BCUT2D eigenvalue weighted by Crippen LogP contribution is -2.32. The van der Waals surface area contributed by atoms with Crippen LogP contribution in [0.3, 0.4) is 0 Å². The van der Waals surface area contributed by atoms with E-state index in [9.17, 15) is 14.4 Å². The maximum absolute atomic E-state index is 11.7. The molecule has 21 heavy (non-hydrogen) atoms. The van der Waals surface area contributed by atoms with Crippen LogP contribution >= 0.6 is 11.3 Å². The van der Waals surface area contributed by atoms with Crippen molar-refractivity contribution in [2.24, 2.45) is 0 Å². The van der Waals surface area contributed by atoms with Crippen LogP contribution in [0.1, 0.15) is 30.4 Å². The molecule has 0 atom stereocenters. The zero-order valence-corrected chi connectivity index (χ0v) is 12.8. The Morgan fingerprint density at radius 2 is 1.81 bits per heavy atom. The molecule has 2 amide bonds. The van der Waals surface area contributed by atoms with Crippen LogP contribution in [-0.4, -0.2) is 24.4 Å². The second-order valence-electron chi connectivity index (χ2n) is 4.43. The summed E-state index contributed by atoms with van der Waals surface area (Å²) in [7, 11) is 0. The summed E-state index contributed by atoms with van der Waals surface area (Å²) in [6, 6.07) is 6.91. The molecule has 0 N–H and O–H groups in total. The summed E-state index contributed by atoms with van der Waals surface area (Å²) in [6.45, 7) is 4.74. The van der Waals surface area contributed by atoms with Crippen LogP contribution in [0.2, 0.25) is 0 Å². The second kappa shape index (κ2) is 6.05. The van der Waals surface area contributed by atoms with E-state index in [4.69, 9.17) is 4.74 Å². The molecule has 0 radical (unpaired) electrons. The summed E-state index contributed by atoms with van der Waals surface area (Å²) in [5.41, 5.74) is 0.496. The van der Waals surface area contributed by atoms with Crippen LogP contribution in [0.25, 0.3) is 10.1 Å². The molecule has 0 aliphatic rings. The third kappa shape index (κ3) is 3.11. The molecule has 0 bridgehead atoms. The predicted molar refractivity (Wildman–Crippen MR) is 81.6 cm³/mol. The fourth-order valence-corrected chi connectivity index (χ4v) is 2.99. The molecular weight excluding hydrogens is 290 g/mol. The maximum atomic E-state index is 11.7. The monoisotopic (exact) mass is 305 g/mol. The van der Waals surface area contributed by atoms with E-state index in [1.165, 1.54) is 25.2 Å². The molecule has 1 aromatic heterocycles. The SMILES string of the molecule is CCOC(=O)c1cc2cc(N(C(C)=O)C(C)=O)ccc2s1. The van der Waals surface area contributed by atoms with Gasteiger partial charge >= 0.3 is 5.97 Å². The molecule has 0 saturated heterocycles. The van der Waals surface area contributed by atoms with Gasteiger partial charge in [0.25, 0.3) is 0 Å². The number of anilines is 1. The Morgan fingerprint density at radius 1 is 1.14 bits per heavy atom. The number of imide groups is 1. The zero-order valence-electron chi connectivity index (χ0n) is 12.0. The number of thiophene rings is 1. The van der Waals surface area contributed by atoms with Gasteiger partial charge in [-0.3, -0.25) is 14.5 Å². The molecule has 5 nitrogen and oxygen atoms in total. The Labute approximate surface area is 126 Å². The molecule has 2 aromatic rings. The molecule has 0 spiro atoms. The molecule has 0 aliphatic heterocycles. The van der Waals surface area contributed by atoms with Crippen LogP contribution < -0.4 is 4.90 Å². The van der Waals surface area contributed by atoms with Crippen molar-refractivity contribution in [1.29, 1.82) is 0 Å². The second-order valence-corrected chi connectivity index (χ2v) is 5.51. The first-order valence-corrected chi connectivity index (χ1v) is 7.27. The van der Waals surface area contributed by atoms with Crippen molar-refractivity contribution >= 4 is 44.9 Å². The lowest BCUT2D eigenvalue weighted by molar-refractivity contribution is -0.124. The first-order valence-electron chi connectivity index (χ1n) is 6.46. The number of amides is 2. The molecule has 0 aliphatic carbocycles. The molecule has 1 aromatic carbocycles. The summed E-state index contributed by atoms with van der Waals surface area (Å²) in [5, 5.41) is 0.799. The molecule has 0 fully saturated rings. The van der Waals surface area contributed by atoms with Crippen molar-refractivity contribution in [2.45, 2.75) is 20.8 Å². The number of carbonyl (C=O) groups excluding carboxylic acids is 3. The van der Waals surface area contributed by atoms with Crippen molar-refractivity contribution in [2.75, 3.05) is 11.5 Å². The van der Waals surface area contributed by atoms with Gasteiger partial charge in [0.1, 0.15) is 4.88 Å². The van der Waals surface area contributed by atoms with Gasteiger partial charge in [-0.15, -0.1) is 11.3 Å². The van der Waals surface area contributed by atoms with Gasteiger partial charge in [0.05, 0.1) is 12.3 Å². The number of nitrogens with zero attached hydrogens (tertiary/aromatic N) is 1. The molecule has 0 saturated carbocycles. The minimum atomic E-state index is -0.366. The van der Waals surface area contributed by atoms with Crippen LogP contribution in [0, 0.1) is 0 Å². The van der Waals surface area contributed by atoms with Crippen molar-refractivity contribution in [1.82, 2.24) is 0 Å². The van der Waals surface area contributed by atoms with Crippen molar-refractivity contribution < 1.29 is 19.1 Å². The molecular formula is C15H15NO4S. The van der Waals surface area contributed by atoms with Gasteiger partial charge in [0, 0.05) is 18.5 Å². The van der Waals surface area contributed by atoms with Crippen LogP contribution in [0.4, 0.5) is 5.69 Å². The number of esters is 1. The molecule has 1 heterocycles. The van der Waals surface area contributed by atoms with E-state index in [2.05, 4.69) is 0 Å². The lowest BCUT2D eigenvalue weighted by Gasteiger charge is -2.16. The number of hydrogen-bond acceptors (Lipinski definition) is 5. The van der Waals surface area contributed by atoms with E-state index in [-0.39, 0.29) is 17.8 Å². The Morgan fingerprint density at radius 3 is 2.38 bits per heavy atom. The third-order valence-corrected chi connectivity index (χ3v) is 3.96. The van der Waals surface area contributed by atoms with E-state index in [0.717, 1.165) is 15.0 Å². The number of fused-ring (bicyclic) bond motifs is 1. The fraction of sp³-hybridized carbons (Fsp3) is 0.267. The number of hydrogen-bond donors (Lipinski definition) is 0. The molecule has 110 valence electrons. The Bertz CT molecular complexity index is 706. The Kier molecular flexibility index (Phi) is 4.37. The number of benzene rings is 1. The van der Waals surface area contributed by atoms with Crippen LogP contribution in [0.15, 0.2) is 24.3 Å². The lowest BCUT2D eigenvalue weighted by atomic mass is 10.2. The number of carbonyl (C=O) groups is 3. The zero-order chi connectivity index (χ0) is 15.6. The van der Waals surface area contributed by atoms with Crippen molar-refractivity contribution in [3.8, 4) is 0 Å². The molecule has 2 rings (SSSR count). The molecule has 0 unspecified atom stereocenters. The minimum Gasteiger partial charge on any atom is -0.462 e. The highest BCUT2D eigenvalue weighted by Gasteiger charge is 2.18. The van der Waals surface area contributed by atoms with Gasteiger partial charge in [-0.25, -0.2) is 4.79 Å². The van der Waals surface area contributed by atoms with E-state index in [1.54, 1.807) is 31.2 Å². The van der Waals surface area contributed by atoms with E-state index >= 15 is 0 Å². The van der Waals surface area contributed by atoms with Gasteiger partial charge in [-0.1, -0.05) is 0 Å². The highest BCUT2D eigenvalue weighted by Crippen LogP contribution is 2.30. The molecule has 6 heteroatoms. The highest BCUT2D eigenvalue weighted by molar-refractivity contribution is 7.20. The first kappa shape index (κ1) is 15.2. The Balaban J connectivity index is 2.44. The average Bonchev–Trinajstić information content (AvgIpc) is 2.81. The average molecular weight is 305 g/mol. The van der Waals surface area contributed by atoms with Gasteiger partial charge in [0.15, 0.2) is 0 Å². The van der Waals surface area contributed by atoms with Crippen LogP contribution in [-0.2, 0) is 14.3 Å². The maximum Gasteiger partial charge on any atom is 0.348 e. The topological polar surface area (TPSA) is 63.7 Å². The summed E-state index contributed by atoms with van der Waals surface area (Å²) in [4.78, 5) is 36.4. The standard InChI is InChI=1S/C15H15NO4S/c1-4-20-15(19)14-8-11-7-12(5-6-13(11)21-14)16(9(2)17)10(3)18/h5-8H,4H2,1-3H3. The normalized spacial score (nSPS) is 10.4. The highest BCUT2D eigenvalue weighted by atomic mass is 32.1. The van der Waals surface area contributed by atoms with E-state index in [0.29, 0.717) is 17.2 Å². The minimum absolute atomic E-state index is 0.320. The third-order valence-electron chi connectivity index (χ3n) is 2.86. The van der Waals surface area contributed by atoms with Crippen LogP contribution in [0.5, 0.6) is 0 Å². The van der Waals surface area contributed by atoms with Gasteiger partial charge < -0.3 is 4.74 Å². The summed E-state index contributed by atoms with van der Waals surface area (Å²) < 4.78 is 5.86. The quantitative estimate of drug-likeness (QED) is 0.818. The van der Waals surface area contributed by atoms with Gasteiger partial charge in [-0.05, 0) is 36.6 Å². The van der Waals surface area contributed by atoms with Gasteiger partial charge in [-0.2, -0.15) is 0 Å². The smallest absolute Gasteiger partial charge is 0.348 e.